The van der Waals surface area contributed by atoms with Crippen LogP contribution in [0, 0.1) is 6.92 Å². The molecule has 0 aliphatic heterocycles. The van der Waals surface area contributed by atoms with E-state index in [1.54, 1.807) is 11.3 Å². The second kappa shape index (κ2) is 5.32. The minimum atomic E-state index is -0.387. The van der Waals surface area contributed by atoms with Crippen molar-refractivity contribution in [1.82, 2.24) is 0 Å². The first-order valence-electron chi connectivity index (χ1n) is 4.88. The number of hydrogen-bond donors (Lipinski definition) is 1. The van der Waals surface area contributed by atoms with E-state index in [0.29, 0.717) is 10.6 Å². The molecule has 7 heteroatoms. The van der Waals surface area contributed by atoms with Crippen molar-refractivity contribution in [2.24, 2.45) is 0 Å². The lowest BCUT2D eigenvalue weighted by molar-refractivity contribution is 0.0607. The van der Waals surface area contributed by atoms with Gasteiger partial charge >= 0.3 is 5.97 Å². The topological polar surface area (TPSA) is 52.3 Å². The molecule has 2 heterocycles. The van der Waals surface area contributed by atoms with Gasteiger partial charge in [0.15, 0.2) is 0 Å². The van der Waals surface area contributed by atoms with Gasteiger partial charge in [0, 0.05) is 9.35 Å². The van der Waals surface area contributed by atoms with Gasteiger partial charge in [0.05, 0.1) is 21.5 Å². The number of nitrogens with two attached hydrogens (primary N) is 1. The highest BCUT2D eigenvalue weighted by atomic mass is 79.9. The van der Waals surface area contributed by atoms with Gasteiger partial charge in [0.2, 0.25) is 0 Å². The average Bonchev–Trinajstić information content (AvgIpc) is 2.82. The zero-order valence-corrected chi connectivity index (χ0v) is 14.3. The third-order valence-electron chi connectivity index (χ3n) is 2.43. The van der Waals surface area contributed by atoms with Crippen LogP contribution in [0.25, 0.3) is 9.75 Å². The summed E-state index contributed by atoms with van der Waals surface area (Å²) < 4.78 is 6.74. The molecule has 3 nitrogen and oxygen atoms in total. The van der Waals surface area contributed by atoms with Crippen molar-refractivity contribution >= 4 is 66.2 Å². The van der Waals surface area contributed by atoms with Crippen molar-refractivity contribution in [2.75, 3.05) is 12.8 Å². The summed E-state index contributed by atoms with van der Waals surface area (Å²) in [6, 6.07) is 2.01. The Bertz CT molecular complexity index is 599. The molecule has 2 rings (SSSR count). The lowest BCUT2D eigenvalue weighted by atomic mass is 10.2. The van der Waals surface area contributed by atoms with Crippen LogP contribution in [0.4, 0.5) is 5.69 Å². The highest BCUT2D eigenvalue weighted by Crippen LogP contribution is 2.45. The Hall–Kier alpha value is -0.370. The molecular formula is C11H9Br2NO2S2. The number of nitrogen functional groups attached to an aromatic ring is 1. The number of halogens is 2. The third-order valence-corrected chi connectivity index (χ3v) is 7.16. The van der Waals surface area contributed by atoms with Crippen LogP contribution in [0.2, 0.25) is 0 Å². The van der Waals surface area contributed by atoms with Gasteiger partial charge in [-0.15, -0.1) is 22.7 Å². The maximum Gasteiger partial charge on any atom is 0.350 e. The van der Waals surface area contributed by atoms with Gasteiger partial charge in [-0.2, -0.15) is 0 Å². The molecule has 0 aromatic carbocycles. The van der Waals surface area contributed by atoms with E-state index in [4.69, 9.17) is 10.5 Å². The Balaban J connectivity index is 2.56. The molecule has 2 aromatic rings. The molecule has 0 saturated carbocycles. The van der Waals surface area contributed by atoms with E-state index >= 15 is 0 Å². The summed E-state index contributed by atoms with van der Waals surface area (Å²) in [6.45, 7) is 1.91. The number of carbonyl (C=O) groups excluding carboxylic acids is 1. The summed E-state index contributed by atoms with van der Waals surface area (Å²) in [5.41, 5.74) is 7.37. The average molecular weight is 411 g/mol. The number of ether oxygens (including phenoxy) is 1. The molecule has 0 aliphatic rings. The number of esters is 1. The van der Waals surface area contributed by atoms with E-state index in [1.807, 2.05) is 13.0 Å². The summed E-state index contributed by atoms with van der Waals surface area (Å²) in [5.74, 6) is -0.387. The molecule has 2 aromatic heterocycles. The predicted octanol–water partition coefficient (Wildman–Crippen LogP) is 4.68. The number of carbonyl (C=O) groups is 1. The van der Waals surface area contributed by atoms with E-state index in [1.165, 1.54) is 18.4 Å². The fraction of sp³-hybridized carbons (Fsp3) is 0.182. The number of thiophene rings is 2. The molecule has 0 amide bonds. The Labute approximate surface area is 129 Å². The van der Waals surface area contributed by atoms with E-state index in [0.717, 1.165) is 23.6 Å². The van der Waals surface area contributed by atoms with Crippen LogP contribution in [-0.4, -0.2) is 13.1 Å². The third kappa shape index (κ3) is 2.36. The molecule has 18 heavy (non-hydrogen) atoms. The fourth-order valence-corrected chi connectivity index (χ4v) is 4.80. The quantitative estimate of drug-likeness (QED) is 0.731. The molecule has 0 radical (unpaired) electrons. The maximum atomic E-state index is 11.6. The van der Waals surface area contributed by atoms with Gasteiger partial charge in [-0.3, -0.25) is 0 Å². The number of anilines is 1. The Morgan fingerprint density at radius 1 is 1.39 bits per heavy atom. The van der Waals surface area contributed by atoms with E-state index in [9.17, 15) is 4.79 Å². The summed E-state index contributed by atoms with van der Waals surface area (Å²) in [6.07, 6.45) is 0. The van der Waals surface area contributed by atoms with Crippen LogP contribution < -0.4 is 5.73 Å². The van der Waals surface area contributed by atoms with Crippen LogP contribution in [0.1, 0.15) is 15.2 Å². The SMILES string of the molecule is COC(=O)c1sc(-c2cc(Br)c(Br)s2)c(C)c1N. The first-order valence-corrected chi connectivity index (χ1v) is 8.10. The Morgan fingerprint density at radius 3 is 2.56 bits per heavy atom. The van der Waals surface area contributed by atoms with Gasteiger partial charge < -0.3 is 10.5 Å². The van der Waals surface area contributed by atoms with Gasteiger partial charge in [0.25, 0.3) is 0 Å². The van der Waals surface area contributed by atoms with Crippen LogP contribution in [0.15, 0.2) is 14.3 Å². The predicted molar refractivity (Wildman–Crippen MR) is 83.5 cm³/mol. The summed E-state index contributed by atoms with van der Waals surface area (Å²) >= 11 is 9.87. The van der Waals surface area contributed by atoms with Crippen molar-refractivity contribution in [3.63, 3.8) is 0 Å². The van der Waals surface area contributed by atoms with E-state index in [2.05, 4.69) is 31.9 Å². The zero-order chi connectivity index (χ0) is 13.4. The Morgan fingerprint density at radius 2 is 2.06 bits per heavy atom. The number of methoxy groups -OCH3 is 1. The van der Waals surface area contributed by atoms with Gasteiger partial charge in [-0.05, 0) is 50.4 Å². The van der Waals surface area contributed by atoms with Crippen LogP contribution in [-0.2, 0) is 4.74 Å². The minimum Gasteiger partial charge on any atom is -0.465 e. The molecule has 96 valence electrons. The molecule has 0 unspecified atom stereocenters. The smallest absolute Gasteiger partial charge is 0.350 e. The highest BCUT2D eigenvalue weighted by molar-refractivity contribution is 9.13. The molecule has 0 aliphatic carbocycles. The maximum absolute atomic E-state index is 11.6. The molecular weight excluding hydrogens is 402 g/mol. The second-order valence-corrected chi connectivity index (χ2v) is 7.77. The molecule has 0 bridgehead atoms. The summed E-state index contributed by atoms with van der Waals surface area (Å²) in [5, 5.41) is 0. The zero-order valence-electron chi connectivity index (χ0n) is 9.54. The van der Waals surface area contributed by atoms with Crippen LogP contribution in [0.5, 0.6) is 0 Å². The summed E-state index contributed by atoms with van der Waals surface area (Å²) in [7, 11) is 1.36. The van der Waals surface area contributed by atoms with Crippen LogP contribution >= 0.6 is 54.5 Å². The fourth-order valence-electron chi connectivity index (χ4n) is 1.46. The molecule has 0 spiro atoms. The molecule has 0 fully saturated rings. The first kappa shape index (κ1) is 14.0. The van der Waals surface area contributed by atoms with Gasteiger partial charge in [0.1, 0.15) is 4.88 Å². The number of hydrogen-bond acceptors (Lipinski definition) is 5. The highest BCUT2D eigenvalue weighted by Gasteiger charge is 2.21. The largest absolute Gasteiger partial charge is 0.465 e. The van der Waals surface area contributed by atoms with Crippen molar-refractivity contribution in [3.8, 4) is 9.75 Å². The first-order chi connectivity index (χ1) is 8.45. The molecule has 0 atom stereocenters. The molecule has 0 saturated heterocycles. The summed E-state index contributed by atoms with van der Waals surface area (Å²) in [4.78, 5) is 14.1. The monoisotopic (exact) mass is 409 g/mol. The standard InChI is InChI=1S/C11H9Br2NO2S2/c1-4-7(14)9(11(15)16-2)18-8(4)6-3-5(12)10(13)17-6/h3H,14H2,1-2H3. The normalized spacial score (nSPS) is 10.7. The number of rotatable bonds is 2. The van der Waals surface area contributed by atoms with Gasteiger partial charge in [-0.25, -0.2) is 4.79 Å². The van der Waals surface area contributed by atoms with E-state index < -0.39 is 0 Å². The van der Waals surface area contributed by atoms with Crippen LogP contribution in [0.3, 0.4) is 0 Å². The van der Waals surface area contributed by atoms with Crippen molar-refractivity contribution in [1.29, 1.82) is 0 Å². The van der Waals surface area contributed by atoms with Crippen molar-refractivity contribution < 1.29 is 9.53 Å². The Kier molecular flexibility index (Phi) is 4.15. The second-order valence-electron chi connectivity index (χ2n) is 3.52. The minimum absolute atomic E-state index is 0.387. The van der Waals surface area contributed by atoms with Crippen molar-refractivity contribution in [3.05, 3.63) is 24.8 Å². The molecule has 2 N–H and O–H groups in total. The van der Waals surface area contributed by atoms with Crippen molar-refractivity contribution in [2.45, 2.75) is 6.92 Å². The van der Waals surface area contributed by atoms with Gasteiger partial charge in [-0.1, -0.05) is 0 Å². The lowest BCUT2D eigenvalue weighted by Crippen LogP contribution is -2.01. The van der Waals surface area contributed by atoms with E-state index in [-0.39, 0.29) is 5.97 Å². The lowest BCUT2D eigenvalue weighted by Gasteiger charge is -1.96.